The number of nitrogens with zero attached hydrogens (tertiary/aromatic N) is 13. The molecule has 2 N–H and O–H groups in total. The molecule has 0 spiro atoms. The first-order valence-corrected chi connectivity index (χ1v) is 43.6. The quantitative estimate of drug-likeness (QED) is 0.0156. The van der Waals surface area contributed by atoms with Crippen LogP contribution < -0.4 is 29.8 Å². The first-order valence-electron chi connectivity index (χ1n) is 39.1. The summed E-state index contributed by atoms with van der Waals surface area (Å²) < 4.78 is 55.0. The minimum absolute atomic E-state index is 0.00719. The molecule has 4 bridgehead atoms. The molecule has 1 saturated heterocycles. The number of nitrogens with one attached hydrogen (secondary N) is 2. The van der Waals surface area contributed by atoms with E-state index in [2.05, 4.69) is 102 Å². The summed E-state index contributed by atoms with van der Waals surface area (Å²) >= 11 is 1.58. The SMILES string of the molecule is COc1ccc(COC(=O)c2nc(N(CCCCCn3cc(COCCOCCOCCNC(=O)COc4cccc5c4C(=O)N(C4CCC(=O)NC4=O)C5=O)nn3)c3cc(C)c(/N=c4\sc5ccccc5n4COCC[Si](C)(C)C)nn3)ccc2-c2cnn(CC34CC5(C)CC(C)(C3)CC(OCCN(C)C)(C5)C4)c2C)cc1. The van der Waals surface area contributed by atoms with Crippen molar-refractivity contribution in [3.05, 3.63) is 141 Å². The largest absolute Gasteiger partial charge is 0.497 e. The van der Waals surface area contributed by atoms with E-state index in [0.29, 0.717) is 93.7 Å². The lowest BCUT2D eigenvalue weighted by Crippen LogP contribution is -2.64. The molecule has 5 fully saturated rings. The fourth-order valence-electron chi connectivity index (χ4n) is 17.5. The van der Waals surface area contributed by atoms with E-state index in [9.17, 15) is 24.0 Å². The maximum Gasteiger partial charge on any atom is 0.358 e. The zero-order valence-electron chi connectivity index (χ0n) is 66.6. The molecule has 6 aliphatic rings. The average molecular weight is 1580 g/mol. The van der Waals surface area contributed by atoms with Gasteiger partial charge < -0.3 is 53.0 Å². The monoisotopic (exact) mass is 1580 g/mol. The van der Waals surface area contributed by atoms with Crippen LogP contribution in [0.3, 0.4) is 0 Å². The highest BCUT2D eigenvalue weighted by Crippen LogP contribution is 2.72. The van der Waals surface area contributed by atoms with E-state index < -0.39 is 56.2 Å². The predicted molar refractivity (Wildman–Crippen MR) is 426 cm³/mol. The van der Waals surface area contributed by atoms with E-state index >= 15 is 4.79 Å². The topological polar surface area (TPSA) is 315 Å². The van der Waals surface area contributed by atoms with Gasteiger partial charge in [0.2, 0.25) is 11.8 Å². The number of aryl methyl sites for hydroxylation is 2. The Hall–Kier alpha value is -9.47. The molecule has 5 amide bonds. The van der Waals surface area contributed by atoms with E-state index in [1.54, 1.807) is 18.4 Å². The van der Waals surface area contributed by atoms with Crippen molar-refractivity contribution >= 4 is 82.6 Å². The van der Waals surface area contributed by atoms with Crippen LogP contribution in [0.1, 0.15) is 138 Å². The molecule has 8 aromatic rings. The maximum atomic E-state index is 15.0. The summed E-state index contributed by atoms with van der Waals surface area (Å²) in [5, 5.41) is 28.5. The molecular weight excluding hydrogens is 1480 g/mol. The molecule has 113 heavy (non-hydrogen) atoms. The highest BCUT2D eigenvalue weighted by molar-refractivity contribution is 7.16. The highest BCUT2D eigenvalue weighted by atomic mass is 32.1. The van der Waals surface area contributed by atoms with Crippen molar-refractivity contribution in [3.63, 3.8) is 0 Å². The van der Waals surface area contributed by atoms with E-state index in [4.69, 9.17) is 63.2 Å². The van der Waals surface area contributed by atoms with Crippen molar-refractivity contribution < 1.29 is 66.7 Å². The van der Waals surface area contributed by atoms with Gasteiger partial charge in [-0.15, -0.1) is 15.3 Å². The van der Waals surface area contributed by atoms with E-state index in [-0.39, 0.29) is 90.2 Å². The van der Waals surface area contributed by atoms with Crippen LogP contribution in [0.15, 0.2) is 102 Å². The summed E-state index contributed by atoms with van der Waals surface area (Å²) in [5.74, 6) is -1.44. The number of amides is 5. The Morgan fingerprint density at radius 2 is 1.53 bits per heavy atom. The van der Waals surface area contributed by atoms with Gasteiger partial charge in [-0.1, -0.05) is 80.4 Å². The van der Waals surface area contributed by atoms with Crippen LogP contribution in [-0.2, 0) is 75.8 Å². The number of benzene rings is 3. The Labute approximate surface area is 663 Å². The van der Waals surface area contributed by atoms with Crippen LogP contribution in [-0.4, -0.2) is 203 Å². The number of carbonyl (C=O) groups is 6. The van der Waals surface area contributed by atoms with Crippen molar-refractivity contribution in [3.8, 4) is 22.6 Å². The van der Waals surface area contributed by atoms with Crippen molar-refractivity contribution in [2.24, 2.45) is 21.2 Å². The molecule has 602 valence electrons. The number of anilines is 2. The van der Waals surface area contributed by atoms with Gasteiger partial charge >= 0.3 is 5.97 Å². The summed E-state index contributed by atoms with van der Waals surface area (Å²) in [6, 6.07) is 26.0. The highest BCUT2D eigenvalue weighted by Gasteiger charge is 2.66. The minimum atomic E-state index is -1.33. The normalized spacial score (nSPS) is 20.8. The molecule has 2 aliphatic heterocycles. The zero-order chi connectivity index (χ0) is 79.7. The van der Waals surface area contributed by atoms with E-state index in [1.165, 1.54) is 24.6 Å². The van der Waals surface area contributed by atoms with Crippen LogP contribution in [0.4, 0.5) is 17.5 Å². The number of rotatable bonds is 40. The van der Waals surface area contributed by atoms with Gasteiger partial charge in [0, 0.05) is 70.6 Å². The zero-order valence-corrected chi connectivity index (χ0v) is 68.4. The minimum Gasteiger partial charge on any atom is -0.497 e. The summed E-state index contributed by atoms with van der Waals surface area (Å²) in [7, 11) is 4.49. The number of unbranched alkanes of at least 4 members (excludes halogenated alkanes) is 2. The third-order valence-electron chi connectivity index (χ3n) is 21.8. The Morgan fingerprint density at radius 3 is 2.28 bits per heavy atom. The number of imide groups is 2. The van der Waals surface area contributed by atoms with Crippen molar-refractivity contribution in [2.45, 2.75) is 169 Å². The Balaban J connectivity index is 0.642. The fraction of sp³-hybridized carbons (Fsp3) is 0.524. The van der Waals surface area contributed by atoms with Gasteiger partial charge in [-0.2, -0.15) is 10.1 Å². The smallest absolute Gasteiger partial charge is 0.358 e. The van der Waals surface area contributed by atoms with E-state index in [0.717, 1.165) is 106 Å². The maximum absolute atomic E-state index is 15.0. The number of hydrogen-bond donors (Lipinski definition) is 2. The Morgan fingerprint density at radius 1 is 0.761 bits per heavy atom. The van der Waals surface area contributed by atoms with Crippen LogP contribution in [0, 0.1) is 30.1 Å². The second-order valence-corrected chi connectivity index (χ2v) is 39.6. The fourth-order valence-corrected chi connectivity index (χ4v) is 19.3. The lowest BCUT2D eigenvalue weighted by atomic mass is 9.39. The van der Waals surface area contributed by atoms with Gasteiger partial charge in [0.1, 0.15) is 42.4 Å². The van der Waals surface area contributed by atoms with Crippen LogP contribution in [0.25, 0.3) is 21.3 Å². The number of esters is 1. The number of hydrogen-bond acceptors (Lipinski definition) is 24. The molecule has 3 unspecified atom stereocenters. The van der Waals surface area contributed by atoms with Gasteiger partial charge in [0.25, 0.3) is 17.7 Å². The van der Waals surface area contributed by atoms with Crippen molar-refractivity contribution in [1.29, 1.82) is 0 Å². The molecule has 5 aromatic heterocycles. The van der Waals surface area contributed by atoms with Crippen LogP contribution >= 0.6 is 11.3 Å². The Kier molecular flexibility index (Phi) is 25.6. The molecule has 14 rings (SSSR count). The second kappa shape index (κ2) is 35.5. The van der Waals surface area contributed by atoms with Gasteiger partial charge in [-0.25, -0.2) is 9.78 Å². The number of ether oxygens (including phenoxy) is 8. The van der Waals surface area contributed by atoms with Crippen LogP contribution in [0.5, 0.6) is 11.5 Å². The lowest BCUT2D eigenvalue weighted by Gasteiger charge is -2.69. The molecule has 4 aliphatic carbocycles. The molecule has 29 nitrogen and oxygen atoms in total. The van der Waals surface area contributed by atoms with Gasteiger partial charge in [-0.3, -0.25) is 48.1 Å². The molecule has 7 heterocycles. The number of pyridine rings is 1. The summed E-state index contributed by atoms with van der Waals surface area (Å²) in [4.78, 5) is 94.7. The number of piperidine rings is 1. The third-order valence-corrected chi connectivity index (χ3v) is 24.6. The molecule has 4 saturated carbocycles. The van der Waals surface area contributed by atoms with Crippen LogP contribution in [0.2, 0.25) is 25.7 Å². The predicted octanol–water partition coefficient (Wildman–Crippen LogP) is 10.7. The first kappa shape index (κ1) is 81.5. The lowest BCUT2D eigenvalue weighted by molar-refractivity contribution is -0.248. The standard InChI is InChI=1S/C82H105N15O14SSi/c1-55-41-68(89-90-73(55)87-78-95(54-108-39-40-113(8,9)10)63-18-12-13-20-66(63)112-78)94(31-15-11-14-30-93-43-58(88-91-93)45-107-38-37-106-36-35-105-33-29-83-70(99)46-109-65-19-16-17-61-71(65)76(102)97(75(61)101)64-26-28-69(98)86-74(64)100)67-27-25-60(72(85-67)77(103)110-44-57-21-23-59(104-7)24-22-57)62-42-84-96(56(62)2)53-81-48-79(3)47-80(4,49-81)51-82(50-79,52-81)111-34-32-92(5)6/h12-13,16-25,27,41-43,64H,11,14-15,26,28-40,44-54H2,1-10H3,(H,83,99)(H,86,98,100)/b87-78-. The molecule has 3 atom stereocenters. The number of carbonyl (C=O) groups excluding carboxylic acids is 6. The van der Waals surface area contributed by atoms with E-state index in [1.807, 2.05) is 83.5 Å². The van der Waals surface area contributed by atoms with Crippen molar-refractivity contribution in [2.75, 3.05) is 98.6 Å². The summed E-state index contributed by atoms with van der Waals surface area (Å²) in [6.07, 6.45) is 12.6. The number of likely N-dealkylation sites (N-methyl/N-ethyl adjacent to an activating group) is 1. The second-order valence-electron chi connectivity index (χ2n) is 33.0. The number of aromatic nitrogens is 9. The van der Waals surface area contributed by atoms with Gasteiger partial charge in [0.05, 0.1) is 92.7 Å². The molecular formula is C82H105N15O14SSi. The van der Waals surface area contributed by atoms with Crippen molar-refractivity contribution in [1.82, 2.24) is 65.0 Å². The molecule has 3 aromatic carbocycles. The van der Waals surface area contributed by atoms with Gasteiger partial charge in [-0.05, 0) is 180 Å². The molecule has 0 radical (unpaired) electrons. The number of fused-ring (bicyclic) bond motifs is 2. The summed E-state index contributed by atoms with van der Waals surface area (Å²) in [6.45, 7) is 21.9. The number of para-hydroxylation sites is 1. The third kappa shape index (κ3) is 19.8. The Bertz CT molecular complexity index is 4820. The average Bonchev–Trinajstić information content (AvgIpc) is 1.02. The summed E-state index contributed by atoms with van der Waals surface area (Å²) in [5.41, 5.74) is 5.94. The number of thiazole rings is 1. The molecule has 31 heteroatoms. The first-order chi connectivity index (χ1) is 54.3. The number of methoxy groups -OCH3 is 1. The van der Waals surface area contributed by atoms with Gasteiger partial charge in [0.15, 0.2) is 28.7 Å².